The van der Waals surface area contributed by atoms with Gasteiger partial charge in [-0.3, -0.25) is 4.79 Å². The molecule has 1 fully saturated rings. The quantitative estimate of drug-likeness (QED) is 0.682. The standard InChI is InChI=1S/C16H33N3O2/c1-6-21-15(20)16(2,17-3)9-12-19-10-7-14(8-11-19)13-18(4)5/h14,17H,6-13H2,1-5H3. The molecule has 5 heteroatoms. The van der Waals surface area contributed by atoms with E-state index in [1.807, 2.05) is 20.9 Å². The minimum Gasteiger partial charge on any atom is -0.465 e. The van der Waals surface area contributed by atoms with E-state index in [1.54, 1.807) is 0 Å². The second kappa shape index (κ2) is 8.71. The van der Waals surface area contributed by atoms with Crippen LogP contribution in [0.3, 0.4) is 0 Å². The Kier molecular flexibility index (Phi) is 7.63. The Balaban J connectivity index is 2.36. The Labute approximate surface area is 130 Å². The van der Waals surface area contributed by atoms with Crippen LogP contribution in [0.25, 0.3) is 0 Å². The molecule has 1 N–H and O–H groups in total. The van der Waals surface area contributed by atoms with Gasteiger partial charge in [0, 0.05) is 13.1 Å². The van der Waals surface area contributed by atoms with Crippen LogP contribution in [0.5, 0.6) is 0 Å². The molecule has 1 aliphatic heterocycles. The van der Waals surface area contributed by atoms with E-state index in [4.69, 9.17) is 4.74 Å². The zero-order valence-corrected chi connectivity index (χ0v) is 14.4. The third kappa shape index (κ3) is 5.93. The molecule has 0 aromatic rings. The first kappa shape index (κ1) is 18.4. The first-order valence-corrected chi connectivity index (χ1v) is 8.14. The van der Waals surface area contributed by atoms with E-state index >= 15 is 0 Å². The second-order valence-electron chi connectivity index (χ2n) is 6.60. The zero-order chi connectivity index (χ0) is 15.9. The van der Waals surface area contributed by atoms with Gasteiger partial charge in [-0.15, -0.1) is 0 Å². The Hall–Kier alpha value is -0.650. The molecule has 1 rings (SSSR count). The highest BCUT2D eigenvalue weighted by atomic mass is 16.5. The van der Waals surface area contributed by atoms with Gasteiger partial charge in [-0.05, 0) is 73.3 Å². The van der Waals surface area contributed by atoms with Gasteiger partial charge in [-0.2, -0.15) is 0 Å². The monoisotopic (exact) mass is 299 g/mol. The molecule has 0 radical (unpaired) electrons. The smallest absolute Gasteiger partial charge is 0.326 e. The number of nitrogens with one attached hydrogen (secondary N) is 1. The molecule has 1 aliphatic rings. The van der Waals surface area contributed by atoms with Crippen molar-refractivity contribution in [3.05, 3.63) is 0 Å². The zero-order valence-electron chi connectivity index (χ0n) is 14.4. The van der Waals surface area contributed by atoms with Gasteiger partial charge in [0.1, 0.15) is 5.54 Å². The number of likely N-dealkylation sites (N-methyl/N-ethyl adjacent to an activating group) is 1. The summed E-state index contributed by atoms with van der Waals surface area (Å²) < 4.78 is 5.17. The molecule has 0 spiro atoms. The number of nitrogens with zero attached hydrogens (tertiary/aromatic N) is 2. The Morgan fingerprint density at radius 1 is 1.38 bits per heavy atom. The van der Waals surface area contributed by atoms with Gasteiger partial charge < -0.3 is 19.9 Å². The lowest BCUT2D eigenvalue weighted by molar-refractivity contribution is -0.150. The lowest BCUT2D eigenvalue weighted by atomic mass is 9.94. The number of likely N-dealkylation sites (tertiary alicyclic amines) is 1. The highest BCUT2D eigenvalue weighted by Crippen LogP contribution is 2.20. The summed E-state index contributed by atoms with van der Waals surface area (Å²) in [5, 5.41) is 3.13. The van der Waals surface area contributed by atoms with Crippen LogP contribution in [0.1, 0.15) is 33.1 Å². The molecule has 1 heterocycles. The van der Waals surface area contributed by atoms with Gasteiger partial charge >= 0.3 is 5.97 Å². The van der Waals surface area contributed by atoms with Crippen molar-refractivity contribution in [3.8, 4) is 0 Å². The fraction of sp³-hybridized carbons (Fsp3) is 0.938. The molecule has 0 bridgehead atoms. The Morgan fingerprint density at radius 3 is 2.48 bits per heavy atom. The first-order valence-electron chi connectivity index (χ1n) is 8.14. The summed E-state index contributed by atoms with van der Waals surface area (Å²) in [6.45, 7) is 8.64. The van der Waals surface area contributed by atoms with Crippen molar-refractivity contribution in [1.82, 2.24) is 15.1 Å². The maximum Gasteiger partial charge on any atom is 0.326 e. The average Bonchev–Trinajstić information content (AvgIpc) is 2.46. The molecule has 1 atom stereocenters. The van der Waals surface area contributed by atoms with Crippen LogP contribution in [0.2, 0.25) is 0 Å². The van der Waals surface area contributed by atoms with Gasteiger partial charge in [0.25, 0.3) is 0 Å². The van der Waals surface area contributed by atoms with Crippen molar-refractivity contribution in [3.63, 3.8) is 0 Å². The van der Waals surface area contributed by atoms with Gasteiger partial charge in [0.05, 0.1) is 6.61 Å². The van der Waals surface area contributed by atoms with Crippen molar-refractivity contribution in [2.45, 2.75) is 38.6 Å². The molecule has 5 nitrogen and oxygen atoms in total. The van der Waals surface area contributed by atoms with Gasteiger partial charge in [-0.1, -0.05) is 0 Å². The van der Waals surface area contributed by atoms with E-state index in [0.29, 0.717) is 6.61 Å². The second-order valence-corrected chi connectivity index (χ2v) is 6.60. The summed E-state index contributed by atoms with van der Waals surface area (Å²) in [4.78, 5) is 16.8. The predicted octanol–water partition coefficient (Wildman–Crippen LogP) is 1.19. The van der Waals surface area contributed by atoms with Crippen molar-refractivity contribution < 1.29 is 9.53 Å². The molecular formula is C16H33N3O2. The SMILES string of the molecule is CCOC(=O)C(C)(CCN1CCC(CN(C)C)CC1)NC. The predicted molar refractivity (Wildman–Crippen MR) is 86.4 cm³/mol. The van der Waals surface area contributed by atoms with E-state index in [1.165, 1.54) is 19.4 Å². The summed E-state index contributed by atoms with van der Waals surface area (Å²) >= 11 is 0. The summed E-state index contributed by atoms with van der Waals surface area (Å²) in [6.07, 6.45) is 3.31. The molecular weight excluding hydrogens is 266 g/mol. The number of hydrogen-bond donors (Lipinski definition) is 1. The molecule has 0 aromatic heterocycles. The van der Waals surface area contributed by atoms with Crippen LogP contribution in [-0.4, -0.2) is 75.2 Å². The molecule has 21 heavy (non-hydrogen) atoms. The van der Waals surface area contributed by atoms with Gasteiger partial charge in [0.15, 0.2) is 0 Å². The number of carbonyl (C=O) groups excluding carboxylic acids is 1. The minimum absolute atomic E-state index is 0.144. The topological polar surface area (TPSA) is 44.8 Å². The van der Waals surface area contributed by atoms with E-state index in [-0.39, 0.29) is 5.97 Å². The van der Waals surface area contributed by atoms with Crippen LogP contribution in [0.15, 0.2) is 0 Å². The van der Waals surface area contributed by atoms with Crippen LogP contribution in [0.4, 0.5) is 0 Å². The summed E-state index contributed by atoms with van der Waals surface area (Å²) in [5.74, 6) is 0.673. The third-order valence-corrected chi connectivity index (χ3v) is 4.54. The van der Waals surface area contributed by atoms with Crippen molar-refractivity contribution in [2.75, 3.05) is 53.9 Å². The number of hydrogen-bond acceptors (Lipinski definition) is 5. The maximum atomic E-state index is 12.0. The Morgan fingerprint density at radius 2 is 2.00 bits per heavy atom. The maximum absolute atomic E-state index is 12.0. The lowest BCUT2D eigenvalue weighted by Gasteiger charge is -2.35. The van der Waals surface area contributed by atoms with Crippen molar-refractivity contribution >= 4 is 5.97 Å². The Bertz CT molecular complexity index is 315. The highest BCUT2D eigenvalue weighted by Gasteiger charge is 2.33. The summed E-state index contributed by atoms with van der Waals surface area (Å²) in [6, 6.07) is 0. The summed E-state index contributed by atoms with van der Waals surface area (Å²) in [5.41, 5.74) is -0.573. The molecule has 1 unspecified atom stereocenters. The number of carbonyl (C=O) groups is 1. The van der Waals surface area contributed by atoms with Crippen molar-refractivity contribution in [1.29, 1.82) is 0 Å². The highest BCUT2D eigenvalue weighted by molar-refractivity contribution is 5.80. The number of piperidine rings is 1. The molecule has 124 valence electrons. The number of ether oxygens (including phenoxy) is 1. The third-order valence-electron chi connectivity index (χ3n) is 4.54. The van der Waals surface area contributed by atoms with Gasteiger partial charge in [0.2, 0.25) is 0 Å². The number of rotatable bonds is 8. The van der Waals surface area contributed by atoms with E-state index in [0.717, 1.165) is 32.0 Å². The number of esters is 1. The molecule has 1 saturated heterocycles. The molecule has 0 aromatic carbocycles. The molecule has 0 amide bonds. The molecule has 0 aliphatic carbocycles. The van der Waals surface area contributed by atoms with Gasteiger partial charge in [-0.25, -0.2) is 0 Å². The lowest BCUT2D eigenvalue weighted by Crippen LogP contribution is -2.51. The van der Waals surface area contributed by atoms with Crippen LogP contribution < -0.4 is 5.32 Å². The van der Waals surface area contributed by atoms with E-state index in [2.05, 4.69) is 29.2 Å². The van der Waals surface area contributed by atoms with Crippen LogP contribution >= 0.6 is 0 Å². The van der Waals surface area contributed by atoms with E-state index in [9.17, 15) is 4.79 Å². The van der Waals surface area contributed by atoms with E-state index < -0.39 is 5.54 Å². The fourth-order valence-corrected chi connectivity index (χ4v) is 2.91. The minimum atomic E-state index is -0.573. The molecule has 0 saturated carbocycles. The average molecular weight is 299 g/mol. The van der Waals surface area contributed by atoms with Crippen LogP contribution in [0, 0.1) is 5.92 Å². The summed E-state index contributed by atoms with van der Waals surface area (Å²) in [7, 11) is 6.12. The normalized spacial score (nSPS) is 20.5. The van der Waals surface area contributed by atoms with Crippen molar-refractivity contribution in [2.24, 2.45) is 5.92 Å². The fourth-order valence-electron chi connectivity index (χ4n) is 2.91. The largest absolute Gasteiger partial charge is 0.465 e. The van der Waals surface area contributed by atoms with Crippen LogP contribution in [-0.2, 0) is 9.53 Å². The first-order chi connectivity index (χ1) is 9.91.